The molecule has 10 nitrogen and oxygen atoms in total. The lowest BCUT2D eigenvalue weighted by Crippen LogP contribution is -2.70. The summed E-state index contributed by atoms with van der Waals surface area (Å²) in [4.78, 5) is 53.6. The number of nitrogens with zero attached hydrogens (tertiary/aromatic N) is 3. The maximum atomic E-state index is 14.5. The van der Waals surface area contributed by atoms with E-state index in [1.54, 1.807) is 17.8 Å². The molecule has 2 aromatic heterocycles. The minimum absolute atomic E-state index is 0.105. The van der Waals surface area contributed by atoms with E-state index in [1.165, 1.54) is 39.8 Å². The van der Waals surface area contributed by atoms with Crippen LogP contribution >= 0.6 is 34.9 Å². The maximum absolute atomic E-state index is 14.5. The van der Waals surface area contributed by atoms with E-state index < -0.39 is 46.9 Å². The molecule has 9 rings (SSSR count). The third kappa shape index (κ3) is 8.75. The van der Waals surface area contributed by atoms with Crippen molar-refractivity contribution < 1.29 is 24.2 Å². The topological polar surface area (TPSA) is 134 Å². The van der Waals surface area contributed by atoms with Gasteiger partial charge in [-0.05, 0) is 57.0 Å². The van der Waals surface area contributed by atoms with Gasteiger partial charge in [0.15, 0.2) is 17.3 Å². The number of aliphatic hydroxyl groups excluding tert-OH is 1. The first kappa shape index (κ1) is 42.5. The van der Waals surface area contributed by atoms with Gasteiger partial charge >= 0.3 is 5.97 Å². The number of ether oxygens (including phenoxy) is 1. The quantitative estimate of drug-likeness (QED) is 0.0396. The number of pyridine rings is 1. The van der Waals surface area contributed by atoms with Crippen LogP contribution in [0.3, 0.4) is 0 Å². The number of β-lactam (4-membered cyclic amide) rings is 1. The smallest absolute Gasteiger partial charge is 0.356 e. The van der Waals surface area contributed by atoms with Crippen LogP contribution < -0.4 is 10.6 Å². The lowest BCUT2D eigenvalue weighted by Gasteiger charge is -2.49. The number of aliphatic hydroxyl groups is 1. The predicted octanol–water partition coefficient (Wildman–Crippen LogP) is 9.27. The second kappa shape index (κ2) is 19.3. The number of esters is 1. The van der Waals surface area contributed by atoms with Gasteiger partial charge in [0.1, 0.15) is 22.7 Å². The van der Waals surface area contributed by atoms with Gasteiger partial charge in [-0.2, -0.15) is 0 Å². The van der Waals surface area contributed by atoms with Crippen molar-refractivity contribution in [2.75, 3.05) is 11.1 Å². The van der Waals surface area contributed by atoms with Gasteiger partial charge in [0.25, 0.3) is 11.8 Å². The van der Waals surface area contributed by atoms with E-state index >= 15 is 0 Å². The summed E-state index contributed by atoms with van der Waals surface area (Å²) in [5, 5.41) is 21.3. The molecule has 0 aliphatic carbocycles. The molecule has 0 spiro atoms. The van der Waals surface area contributed by atoms with Crippen molar-refractivity contribution in [1.29, 1.82) is 0 Å². The first-order chi connectivity index (χ1) is 31.4. The van der Waals surface area contributed by atoms with Gasteiger partial charge < -0.3 is 20.5 Å². The van der Waals surface area contributed by atoms with Gasteiger partial charge in [0, 0.05) is 28.4 Å². The largest absolute Gasteiger partial charge is 0.448 e. The number of nitrogens with one attached hydrogen (secondary N) is 2. The van der Waals surface area contributed by atoms with Crippen LogP contribution in [0.2, 0.25) is 0 Å². The van der Waals surface area contributed by atoms with Crippen molar-refractivity contribution >= 4 is 57.8 Å². The SMILES string of the molecule is O=C(OC(c1ccccc1)c1ccccc1)C1=C(C=CSc2cccnc2)CS[C@@H]2C(NC(=O)C(O)c3csc(NC(c4ccccc4)(c4ccccc4)c4ccccc4)n3)C(=O)N12. The fraction of sp³-hybridized carbons (Fsp3) is 0.118. The Bertz CT molecular complexity index is 2640. The van der Waals surface area contributed by atoms with E-state index in [0.717, 1.165) is 32.7 Å². The molecule has 2 aliphatic rings. The van der Waals surface area contributed by atoms with Crippen LogP contribution in [0, 0.1) is 0 Å². The van der Waals surface area contributed by atoms with Crippen molar-refractivity contribution in [1.82, 2.24) is 20.2 Å². The van der Waals surface area contributed by atoms with E-state index in [0.29, 0.717) is 16.5 Å². The standard InChI is InChI=1S/C51H41N5O5S3/c57-44(41-33-64-50(53-41)55-51(37-21-10-3-11-22-37,38-23-12-4-13-24-38)39-25-14-5-15-26-39)46(58)54-42-47(59)56-43(36(32-63-48(42)56)28-30-62-40-27-16-29-52-31-40)49(60)61-45(34-17-6-1-7-18-34)35-19-8-2-9-20-35/h1-31,33,42,44-45,48,57H,32H2,(H,53,55)(H,54,58)/t42?,44?,48-/m1/s1. The van der Waals surface area contributed by atoms with Gasteiger partial charge in [-0.25, -0.2) is 9.78 Å². The molecular weight excluding hydrogens is 859 g/mol. The molecule has 0 bridgehead atoms. The van der Waals surface area contributed by atoms with Crippen molar-refractivity contribution in [3.63, 3.8) is 0 Å². The normalized spacial score (nSPS) is 16.5. The number of carbonyl (C=O) groups excluding carboxylic acids is 3. The summed E-state index contributed by atoms with van der Waals surface area (Å²) >= 11 is 4.11. The molecular formula is C51H41N5O5S3. The molecule has 0 saturated carbocycles. The maximum Gasteiger partial charge on any atom is 0.356 e. The van der Waals surface area contributed by atoms with Crippen LogP contribution in [0.5, 0.6) is 0 Å². The van der Waals surface area contributed by atoms with Crippen molar-refractivity contribution in [2.24, 2.45) is 0 Å². The van der Waals surface area contributed by atoms with Gasteiger partial charge in [-0.3, -0.25) is 19.5 Å². The Morgan fingerprint density at radius 1 is 0.797 bits per heavy atom. The minimum atomic E-state index is -1.68. The zero-order valence-corrected chi connectivity index (χ0v) is 36.6. The number of aromatic nitrogens is 2. The molecule has 0 radical (unpaired) electrons. The van der Waals surface area contributed by atoms with Crippen molar-refractivity contribution in [2.45, 2.75) is 34.1 Å². The third-order valence-corrected chi connectivity index (χ3v) is 13.9. The van der Waals surface area contributed by atoms with Gasteiger partial charge in [0.05, 0.1) is 5.69 Å². The highest BCUT2D eigenvalue weighted by atomic mass is 32.2. The van der Waals surface area contributed by atoms with Crippen molar-refractivity contribution in [3.05, 3.63) is 238 Å². The Balaban J connectivity index is 0.957. The Kier molecular flexibility index (Phi) is 12.8. The van der Waals surface area contributed by atoms with Crippen LogP contribution in [0.15, 0.2) is 209 Å². The number of thiazole rings is 1. The summed E-state index contributed by atoms with van der Waals surface area (Å²) in [5.74, 6) is -1.60. The average Bonchev–Trinajstić information content (AvgIpc) is 3.83. The Labute approximate surface area is 383 Å². The van der Waals surface area contributed by atoms with Crippen LogP contribution in [0.4, 0.5) is 5.13 Å². The molecule has 1 saturated heterocycles. The molecule has 3 N–H and O–H groups in total. The number of hydrogen-bond acceptors (Lipinski definition) is 11. The zero-order chi connectivity index (χ0) is 43.9. The Hall–Kier alpha value is -6.77. The van der Waals surface area contributed by atoms with E-state index in [4.69, 9.17) is 9.72 Å². The summed E-state index contributed by atoms with van der Waals surface area (Å²) in [6.07, 6.45) is 2.83. The Morgan fingerprint density at radius 3 is 1.91 bits per heavy atom. The summed E-state index contributed by atoms with van der Waals surface area (Å²) < 4.78 is 6.30. The average molecular weight is 900 g/mol. The van der Waals surface area contributed by atoms with Crippen molar-refractivity contribution in [3.8, 4) is 0 Å². The lowest BCUT2D eigenvalue weighted by molar-refractivity contribution is -0.155. The number of anilines is 1. The number of allylic oxidation sites excluding steroid dienone is 1. The number of rotatable bonds is 15. The number of fused-ring (bicyclic) bond motifs is 1. The lowest BCUT2D eigenvalue weighted by atomic mass is 9.77. The van der Waals surface area contributed by atoms with Gasteiger partial charge in [-0.15, -0.1) is 23.1 Å². The zero-order valence-electron chi connectivity index (χ0n) is 34.1. The first-order valence-electron chi connectivity index (χ1n) is 20.5. The van der Waals surface area contributed by atoms with E-state index in [1.807, 2.05) is 139 Å². The number of hydrogen-bond donors (Lipinski definition) is 3. The fourth-order valence-electron chi connectivity index (χ4n) is 7.90. The molecule has 5 aromatic carbocycles. The van der Waals surface area contributed by atoms with E-state index in [2.05, 4.69) is 52.0 Å². The molecule has 2 unspecified atom stereocenters. The summed E-state index contributed by atoms with van der Waals surface area (Å²) in [7, 11) is 0. The minimum Gasteiger partial charge on any atom is -0.448 e. The Morgan fingerprint density at radius 2 is 1.36 bits per heavy atom. The molecule has 2 amide bonds. The van der Waals surface area contributed by atoms with Crippen LogP contribution in [0.25, 0.3) is 0 Å². The van der Waals surface area contributed by atoms with Crippen LogP contribution in [-0.2, 0) is 24.7 Å². The van der Waals surface area contributed by atoms with Crippen LogP contribution in [-0.4, -0.2) is 54.9 Å². The molecule has 1 fully saturated rings. The summed E-state index contributed by atoms with van der Waals surface area (Å²) in [5.41, 5.74) is 4.42. The number of amides is 2. The van der Waals surface area contributed by atoms with Gasteiger partial charge in [-0.1, -0.05) is 163 Å². The second-order valence-corrected chi connectivity index (χ2v) is 17.9. The molecule has 64 heavy (non-hydrogen) atoms. The predicted molar refractivity (Wildman–Crippen MR) is 252 cm³/mol. The van der Waals surface area contributed by atoms with E-state index in [-0.39, 0.29) is 11.4 Å². The third-order valence-electron chi connectivity index (χ3n) is 11.0. The highest BCUT2D eigenvalue weighted by Gasteiger charge is 2.55. The number of thioether (sulfide) groups is 2. The highest BCUT2D eigenvalue weighted by molar-refractivity contribution is 8.02. The molecule has 3 atom stereocenters. The molecule has 4 heterocycles. The summed E-state index contributed by atoms with van der Waals surface area (Å²) in [6, 6.07) is 51.8. The first-order valence-corrected chi connectivity index (χ1v) is 23.3. The van der Waals surface area contributed by atoms with E-state index in [9.17, 15) is 19.5 Å². The highest BCUT2D eigenvalue weighted by Crippen LogP contribution is 2.44. The molecule has 13 heteroatoms. The molecule has 2 aliphatic heterocycles. The second-order valence-electron chi connectivity index (χ2n) is 14.9. The van der Waals surface area contributed by atoms with Gasteiger partial charge in [0.2, 0.25) is 0 Å². The monoisotopic (exact) mass is 899 g/mol. The summed E-state index contributed by atoms with van der Waals surface area (Å²) in [6.45, 7) is 0. The van der Waals surface area contributed by atoms with Crippen LogP contribution in [0.1, 0.15) is 45.7 Å². The fourth-order valence-corrected chi connectivity index (χ4v) is 10.7. The molecule has 318 valence electrons. The molecule has 7 aromatic rings. The number of benzene rings is 5. The number of carbonyl (C=O) groups is 3.